The molecule has 5 heteroatoms. The summed E-state index contributed by atoms with van der Waals surface area (Å²) in [6, 6.07) is 5.71. The Labute approximate surface area is 133 Å². The van der Waals surface area contributed by atoms with Crippen molar-refractivity contribution in [3.05, 3.63) is 33.5 Å². The van der Waals surface area contributed by atoms with E-state index >= 15 is 0 Å². The fourth-order valence-corrected chi connectivity index (χ4v) is 2.91. The topological polar surface area (TPSA) is 43.8 Å². The van der Waals surface area contributed by atoms with Crippen LogP contribution in [0.25, 0.3) is 11.3 Å². The van der Waals surface area contributed by atoms with Gasteiger partial charge in [-0.05, 0) is 39.0 Å². The fraction of sp³-hybridized carbons (Fsp3) is 0.400. The lowest BCUT2D eigenvalue weighted by molar-refractivity contribution is 0.389. The predicted octanol–water partition coefficient (Wildman–Crippen LogP) is 4.87. The zero-order valence-corrected chi connectivity index (χ0v) is 14.5. The molecule has 0 spiro atoms. The highest BCUT2D eigenvalue weighted by molar-refractivity contribution is 9.10. The third-order valence-corrected chi connectivity index (χ3v) is 3.98. The molecule has 0 saturated carbocycles. The van der Waals surface area contributed by atoms with Gasteiger partial charge in [0.2, 0.25) is 0 Å². The van der Waals surface area contributed by atoms with Crippen molar-refractivity contribution < 1.29 is 0 Å². The molecule has 2 N–H and O–H groups in total. The molecule has 0 radical (unpaired) electrons. The van der Waals surface area contributed by atoms with Gasteiger partial charge in [0.15, 0.2) is 0 Å². The number of anilines is 1. The maximum Gasteiger partial charge on any atom is 0.132 e. The first-order valence-electron chi connectivity index (χ1n) is 6.58. The molecule has 0 fully saturated rings. The van der Waals surface area contributed by atoms with E-state index in [2.05, 4.69) is 48.2 Å². The van der Waals surface area contributed by atoms with Gasteiger partial charge >= 0.3 is 0 Å². The molecule has 0 aliphatic heterocycles. The van der Waals surface area contributed by atoms with Gasteiger partial charge in [0.1, 0.15) is 17.3 Å². The van der Waals surface area contributed by atoms with E-state index in [1.807, 2.05) is 18.2 Å². The second-order valence-electron chi connectivity index (χ2n) is 5.75. The van der Waals surface area contributed by atoms with Gasteiger partial charge in [0, 0.05) is 22.0 Å². The zero-order valence-electron chi connectivity index (χ0n) is 12.2. The minimum atomic E-state index is -0.112. The molecule has 1 aromatic carbocycles. The Morgan fingerprint density at radius 1 is 1.35 bits per heavy atom. The van der Waals surface area contributed by atoms with Crippen LogP contribution in [0.3, 0.4) is 0 Å². The number of rotatable bonds is 2. The summed E-state index contributed by atoms with van der Waals surface area (Å²) in [6.45, 7) is 8.44. The molecule has 2 rings (SSSR count). The van der Waals surface area contributed by atoms with Crippen molar-refractivity contribution >= 4 is 33.3 Å². The summed E-state index contributed by atoms with van der Waals surface area (Å²) in [5.41, 5.74) is 7.84. The molecule has 1 aromatic heterocycles. The molecule has 0 amide bonds. The van der Waals surface area contributed by atoms with Crippen LogP contribution in [0.4, 0.5) is 5.82 Å². The number of imidazole rings is 1. The van der Waals surface area contributed by atoms with Crippen LogP contribution < -0.4 is 5.73 Å². The van der Waals surface area contributed by atoms with E-state index in [1.54, 1.807) is 0 Å². The van der Waals surface area contributed by atoms with Crippen molar-refractivity contribution in [2.45, 2.75) is 39.7 Å². The quantitative estimate of drug-likeness (QED) is 0.834. The van der Waals surface area contributed by atoms with Gasteiger partial charge in [0.05, 0.1) is 5.02 Å². The Morgan fingerprint density at radius 2 is 2.00 bits per heavy atom. The minimum Gasteiger partial charge on any atom is -0.383 e. The molecule has 0 bridgehead atoms. The molecular weight excluding hydrogens is 338 g/mol. The van der Waals surface area contributed by atoms with Gasteiger partial charge in [-0.25, -0.2) is 4.98 Å². The number of nitrogens with zero attached hydrogens (tertiary/aromatic N) is 2. The highest BCUT2D eigenvalue weighted by Gasteiger charge is 2.24. The first kappa shape index (κ1) is 15.4. The molecule has 0 aliphatic rings. The van der Waals surface area contributed by atoms with Crippen LogP contribution in [0.5, 0.6) is 0 Å². The number of aromatic nitrogens is 2. The largest absolute Gasteiger partial charge is 0.383 e. The number of halogens is 2. The predicted molar refractivity (Wildman–Crippen MR) is 89.2 cm³/mol. The van der Waals surface area contributed by atoms with Crippen LogP contribution in [0.15, 0.2) is 22.7 Å². The molecule has 108 valence electrons. The number of nitrogen functional groups attached to an aromatic ring is 1. The first-order valence-corrected chi connectivity index (χ1v) is 7.75. The summed E-state index contributed by atoms with van der Waals surface area (Å²) >= 11 is 9.76. The summed E-state index contributed by atoms with van der Waals surface area (Å²) in [4.78, 5) is 4.70. The van der Waals surface area contributed by atoms with Crippen LogP contribution in [0.1, 0.15) is 33.5 Å². The molecule has 3 nitrogen and oxygen atoms in total. The highest BCUT2D eigenvalue weighted by atomic mass is 79.9. The molecule has 20 heavy (non-hydrogen) atoms. The maximum absolute atomic E-state index is 6.34. The number of hydrogen-bond donors (Lipinski definition) is 1. The first-order chi connectivity index (χ1) is 9.25. The highest BCUT2D eigenvalue weighted by Crippen LogP contribution is 2.36. The van der Waals surface area contributed by atoms with Crippen molar-refractivity contribution in [3.8, 4) is 11.3 Å². The number of benzene rings is 1. The Bertz CT molecular complexity index is 641. The Kier molecular flexibility index (Phi) is 4.17. The third kappa shape index (κ3) is 2.72. The van der Waals surface area contributed by atoms with Crippen molar-refractivity contribution in [2.24, 2.45) is 0 Å². The molecule has 0 saturated heterocycles. The number of aryl methyl sites for hydroxylation is 1. The van der Waals surface area contributed by atoms with E-state index in [1.165, 1.54) is 0 Å². The van der Waals surface area contributed by atoms with Gasteiger partial charge in [0.25, 0.3) is 0 Å². The van der Waals surface area contributed by atoms with E-state index < -0.39 is 0 Å². The van der Waals surface area contributed by atoms with E-state index in [0.29, 0.717) is 10.8 Å². The maximum atomic E-state index is 6.34. The Balaban J connectivity index is 2.71. The van der Waals surface area contributed by atoms with Gasteiger partial charge in [-0.1, -0.05) is 34.5 Å². The summed E-state index contributed by atoms with van der Waals surface area (Å²) in [5.74, 6) is 1.63. The molecule has 2 aromatic rings. The van der Waals surface area contributed by atoms with Crippen molar-refractivity contribution in [1.82, 2.24) is 9.55 Å². The van der Waals surface area contributed by atoms with Crippen molar-refractivity contribution in [2.75, 3.05) is 5.73 Å². The van der Waals surface area contributed by atoms with Crippen LogP contribution in [0.2, 0.25) is 5.02 Å². The van der Waals surface area contributed by atoms with Gasteiger partial charge in [-0.2, -0.15) is 0 Å². The average molecular weight is 357 g/mol. The summed E-state index contributed by atoms with van der Waals surface area (Å²) in [7, 11) is 0. The Hall–Kier alpha value is -1.00. The second kappa shape index (κ2) is 5.41. The van der Waals surface area contributed by atoms with Gasteiger partial charge in [-0.15, -0.1) is 0 Å². The van der Waals surface area contributed by atoms with E-state index in [9.17, 15) is 0 Å². The summed E-state index contributed by atoms with van der Waals surface area (Å²) < 4.78 is 3.04. The SMILES string of the molecule is CCc1nc(-c2cc(Br)ccc2Cl)c(N)n1C(C)(C)C. The van der Waals surface area contributed by atoms with E-state index in [4.69, 9.17) is 22.3 Å². The normalized spacial score (nSPS) is 11.9. The van der Waals surface area contributed by atoms with Crippen LogP contribution in [-0.2, 0) is 12.0 Å². The molecule has 0 unspecified atom stereocenters. The van der Waals surface area contributed by atoms with E-state index in [-0.39, 0.29) is 5.54 Å². The van der Waals surface area contributed by atoms with E-state index in [0.717, 1.165) is 28.0 Å². The molecular formula is C15H19BrClN3. The minimum absolute atomic E-state index is 0.112. The third-order valence-electron chi connectivity index (χ3n) is 3.15. The average Bonchev–Trinajstić information content (AvgIpc) is 2.69. The van der Waals surface area contributed by atoms with Crippen molar-refractivity contribution in [1.29, 1.82) is 0 Å². The summed E-state index contributed by atoms with van der Waals surface area (Å²) in [5, 5.41) is 0.654. The monoisotopic (exact) mass is 355 g/mol. The Morgan fingerprint density at radius 3 is 2.50 bits per heavy atom. The standard InChI is InChI=1S/C15H19BrClN3/c1-5-12-19-13(14(18)20(12)15(2,3)4)10-8-9(16)6-7-11(10)17/h6-8H,5,18H2,1-4H3. The van der Waals surface area contributed by atoms with Crippen LogP contribution >= 0.6 is 27.5 Å². The number of nitrogens with two attached hydrogens (primary N) is 1. The van der Waals surface area contributed by atoms with Crippen LogP contribution in [0, 0.1) is 0 Å². The number of hydrogen-bond acceptors (Lipinski definition) is 2. The lowest BCUT2D eigenvalue weighted by Gasteiger charge is -2.24. The molecule has 1 heterocycles. The van der Waals surface area contributed by atoms with Crippen LogP contribution in [-0.4, -0.2) is 9.55 Å². The lowest BCUT2D eigenvalue weighted by atomic mass is 10.1. The fourth-order valence-electron chi connectivity index (χ4n) is 2.34. The molecule has 0 atom stereocenters. The second-order valence-corrected chi connectivity index (χ2v) is 7.07. The van der Waals surface area contributed by atoms with Crippen molar-refractivity contribution in [3.63, 3.8) is 0 Å². The van der Waals surface area contributed by atoms with Gasteiger partial charge < -0.3 is 10.3 Å². The smallest absolute Gasteiger partial charge is 0.132 e. The zero-order chi connectivity index (χ0) is 15.1. The lowest BCUT2D eigenvalue weighted by Crippen LogP contribution is -2.25. The molecule has 0 aliphatic carbocycles. The summed E-state index contributed by atoms with van der Waals surface area (Å²) in [6.07, 6.45) is 0.826. The van der Waals surface area contributed by atoms with Gasteiger partial charge in [-0.3, -0.25) is 0 Å².